The standard InChI is InChI=1S/C26H23NOS/c28-25-18-20-19-27(17-16-24(20)29-25)26(21-10-4-1-5-11-21,22-12-6-2-7-13-22)23-14-8-3-9-15-23/h1-15,18,24H,16-17,19H2/t24-/m0/s1. The molecule has 1 atom stereocenters. The molecule has 1 saturated heterocycles. The van der Waals surface area contributed by atoms with Crippen molar-refractivity contribution in [1.82, 2.24) is 4.90 Å². The first-order valence-electron chi connectivity index (χ1n) is 10.1. The zero-order chi connectivity index (χ0) is 19.7. The van der Waals surface area contributed by atoms with Gasteiger partial charge in [-0.05, 0) is 34.8 Å². The van der Waals surface area contributed by atoms with E-state index in [9.17, 15) is 4.79 Å². The van der Waals surface area contributed by atoms with Gasteiger partial charge in [0, 0.05) is 18.3 Å². The molecule has 2 aliphatic rings. The first kappa shape index (κ1) is 18.4. The molecular formula is C26H23NOS. The van der Waals surface area contributed by atoms with Gasteiger partial charge >= 0.3 is 0 Å². The Labute approximate surface area is 176 Å². The lowest BCUT2D eigenvalue weighted by atomic mass is 9.74. The van der Waals surface area contributed by atoms with Crippen LogP contribution in [0.4, 0.5) is 0 Å². The van der Waals surface area contributed by atoms with Gasteiger partial charge in [-0.1, -0.05) is 103 Å². The monoisotopic (exact) mass is 397 g/mol. The lowest BCUT2D eigenvalue weighted by Gasteiger charge is -2.48. The zero-order valence-corrected chi connectivity index (χ0v) is 17.0. The number of thioether (sulfide) groups is 1. The van der Waals surface area contributed by atoms with Crippen molar-refractivity contribution in [3.8, 4) is 0 Å². The van der Waals surface area contributed by atoms with E-state index in [0.717, 1.165) is 19.5 Å². The number of likely N-dealkylation sites (tertiary alicyclic amines) is 1. The Kier molecular flexibility index (Phi) is 4.86. The summed E-state index contributed by atoms with van der Waals surface area (Å²) in [6, 6.07) is 32.3. The summed E-state index contributed by atoms with van der Waals surface area (Å²) in [7, 11) is 0. The van der Waals surface area contributed by atoms with Crippen molar-refractivity contribution >= 4 is 16.9 Å². The number of hydrogen-bond acceptors (Lipinski definition) is 3. The molecule has 3 aromatic carbocycles. The van der Waals surface area contributed by atoms with Gasteiger partial charge in [0.05, 0.1) is 5.54 Å². The van der Waals surface area contributed by atoms with Crippen molar-refractivity contribution in [2.24, 2.45) is 0 Å². The van der Waals surface area contributed by atoms with E-state index in [4.69, 9.17) is 0 Å². The van der Waals surface area contributed by atoms with E-state index in [-0.39, 0.29) is 5.12 Å². The fraction of sp³-hybridized carbons (Fsp3) is 0.192. The summed E-state index contributed by atoms with van der Waals surface area (Å²) < 4.78 is 0. The number of fused-ring (bicyclic) bond motifs is 1. The molecule has 0 unspecified atom stereocenters. The Hall–Kier alpha value is -2.62. The Morgan fingerprint density at radius 1 is 0.759 bits per heavy atom. The first-order chi connectivity index (χ1) is 14.3. The van der Waals surface area contributed by atoms with Crippen LogP contribution in [0.2, 0.25) is 0 Å². The van der Waals surface area contributed by atoms with Crippen molar-refractivity contribution in [3.05, 3.63) is 119 Å². The molecule has 0 amide bonds. The number of nitrogens with zero attached hydrogens (tertiary/aromatic N) is 1. The fourth-order valence-corrected chi connectivity index (χ4v) is 5.85. The molecule has 2 nitrogen and oxygen atoms in total. The van der Waals surface area contributed by atoms with Crippen LogP contribution in [0.25, 0.3) is 0 Å². The maximum Gasteiger partial charge on any atom is 0.212 e. The topological polar surface area (TPSA) is 20.3 Å². The van der Waals surface area contributed by atoms with Gasteiger partial charge in [0.25, 0.3) is 0 Å². The highest BCUT2D eigenvalue weighted by Crippen LogP contribution is 2.46. The van der Waals surface area contributed by atoms with Crippen LogP contribution in [0.15, 0.2) is 103 Å². The quantitative estimate of drug-likeness (QED) is 0.561. The smallest absolute Gasteiger partial charge is 0.212 e. The lowest BCUT2D eigenvalue weighted by molar-refractivity contribution is -0.106. The molecule has 29 heavy (non-hydrogen) atoms. The molecular weight excluding hydrogens is 374 g/mol. The number of piperidine rings is 1. The minimum Gasteiger partial charge on any atom is -0.282 e. The summed E-state index contributed by atoms with van der Waals surface area (Å²) in [5.41, 5.74) is 4.64. The summed E-state index contributed by atoms with van der Waals surface area (Å²) in [4.78, 5) is 14.6. The van der Waals surface area contributed by atoms with Gasteiger partial charge in [0.1, 0.15) is 0 Å². The van der Waals surface area contributed by atoms with Crippen LogP contribution >= 0.6 is 11.8 Å². The van der Waals surface area contributed by atoms with Crippen LogP contribution in [0.1, 0.15) is 23.1 Å². The maximum absolute atomic E-state index is 12.0. The largest absolute Gasteiger partial charge is 0.282 e. The molecule has 144 valence electrons. The van der Waals surface area contributed by atoms with Crippen LogP contribution in [-0.4, -0.2) is 28.4 Å². The third-order valence-corrected chi connectivity index (χ3v) is 7.23. The molecule has 3 heteroatoms. The van der Waals surface area contributed by atoms with Crippen molar-refractivity contribution in [1.29, 1.82) is 0 Å². The van der Waals surface area contributed by atoms with Gasteiger partial charge in [-0.3, -0.25) is 9.69 Å². The third kappa shape index (κ3) is 3.15. The molecule has 0 saturated carbocycles. The van der Waals surface area contributed by atoms with Gasteiger partial charge < -0.3 is 0 Å². The summed E-state index contributed by atoms with van der Waals surface area (Å²) in [6.07, 6.45) is 2.86. The Balaban J connectivity index is 1.75. The molecule has 0 aliphatic carbocycles. The molecule has 5 rings (SSSR count). The Morgan fingerprint density at radius 2 is 1.24 bits per heavy atom. The molecule has 0 spiro atoms. The summed E-state index contributed by atoms with van der Waals surface area (Å²) in [5.74, 6) is 0. The van der Waals surface area contributed by atoms with Crippen molar-refractivity contribution in [2.45, 2.75) is 17.2 Å². The first-order valence-corrected chi connectivity index (χ1v) is 11.0. The molecule has 0 aromatic heterocycles. The predicted molar refractivity (Wildman–Crippen MR) is 120 cm³/mol. The SMILES string of the molecule is O=C1C=C2CN(C(c3ccccc3)(c3ccccc3)c3ccccc3)CC[C@@H]2S1. The Morgan fingerprint density at radius 3 is 1.72 bits per heavy atom. The zero-order valence-electron chi connectivity index (χ0n) is 16.2. The summed E-state index contributed by atoms with van der Waals surface area (Å²) in [6.45, 7) is 1.75. The molecule has 3 aromatic rings. The number of hydrogen-bond donors (Lipinski definition) is 0. The van der Waals surface area contributed by atoms with Crippen LogP contribution in [0.5, 0.6) is 0 Å². The van der Waals surface area contributed by atoms with Crippen LogP contribution in [0.3, 0.4) is 0 Å². The maximum atomic E-state index is 12.0. The number of benzene rings is 3. The molecule has 2 heterocycles. The lowest BCUT2D eigenvalue weighted by Crippen LogP contribution is -2.52. The van der Waals surface area contributed by atoms with Crippen LogP contribution < -0.4 is 0 Å². The second-order valence-electron chi connectivity index (χ2n) is 7.66. The van der Waals surface area contributed by atoms with E-state index in [0.29, 0.717) is 5.25 Å². The van der Waals surface area contributed by atoms with E-state index < -0.39 is 5.54 Å². The average molecular weight is 398 g/mol. The van der Waals surface area contributed by atoms with Crippen molar-refractivity contribution in [2.75, 3.05) is 13.1 Å². The highest BCUT2D eigenvalue weighted by Gasteiger charge is 2.45. The predicted octanol–water partition coefficient (Wildman–Crippen LogP) is 5.25. The van der Waals surface area contributed by atoms with E-state index in [1.165, 1.54) is 34.0 Å². The van der Waals surface area contributed by atoms with E-state index >= 15 is 0 Å². The average Bonchev–Trinajstić information content (AvgIpc) is 3.16. The van der Waals surface area contributed by atoms with Gasteiger partial charge in [-0.25, -0.2) is 0 Å². The normalized spacial score (nSPS) is 19.7. The fourth-order valence-electron chi connectivity index (χ4n) is 4.83. The molecule has 0 radical (unpaired) electrons. The molecule has 0 N–H and O–H groups in total. The van der Waals surface area contributed by atoms with Crippen LogP contribution in [-0.2, 0) is 10.3 Å². The second kappa shape index (κ2) is 7.66. The third-order valence-electron chi connectivity index (χ3n) is 6.06. The summed E-state index contributed by atoms with van der Waals surface area (Å²) in [5, 5.41) is 0.551. The molecule has 2 aliphatic heterocycles. The number of rotatable bonds is 4. The number of carbonyl (C=O) groups excluding carboxylic acids is 1. The second-order valence-corrected chi connectivity index (χ2v) is 8.87. The Bertz CT molecular complexity index is 933. The molecule has 1 fully saturated rings. The minimum atomic E-state index is -0.397. The highest BCUT2D eigenvalue weighted by molar-refractivity contribution is 8.15. The summed E-state index contributed by atoms with van der Waals surface area (Å²) >= 11 is 1.49. The van der Waals surface area contributed by atoms with Crippen LogP contribution in [0, 0.1) is 0 Å². The molecule has 0 bridgehead atoms. The van der Waals surface area contributed by atoms with Crippen molar-refractivity contribution in [3.63, 3.8) is 0 Å². The van der Waals surface area contributed by atoms with Gasteiger partial charge in [0.2, 0.25) is 5.12 Å². The van der Waals surface area contributed by atoms with E-state index in [1.807, 2.05) is 6.08 Å². The van der Waals surface area contributed by atoms with Gasteiger partial charge in [-0.2, -0.15) is 0 Å². The number of carbonyl (C=O) groups is 1. The van der Waals surface area contributed by atoms with E-state index in [2.05, 4.69) is 95.9 Å². The highest BCUT2D eigenvalue weighted by atomic mass is 32.2. The minimum absolute atomic E-state index is 0.205. The van der Waals surface area contributed by atoms with Gasteiger partial charge in [-0.15, -0.1) is 0 Å². The van der Waals surface area contributed by atoms with Crippen molar-refractivity contribution < 1.29 is 4.79 Å². The van der Waals surface area contributed by atoms with E-state index in [1.54, 1.807) is 0 Å². The van der Waals surface area contributed by atoms with Gasteiger partial charge in [0.15, 0.2) is 0 Å².